The van der Waals surface area contributed by atoms with Crippen LogP contribution >= 0.6 is 0 Å². The summed E-state index contributed by atoms with van der Waals surface area (Å²) in [7, 11) is 0. The Balaban J connectivity index is 2.12. The zero-order valence-electron chi connectivity index (χ0n) is 7.01. The molecule has 0 saturated heterocycles. The van der Waals surface area contributed by atoms with Crippen LogP contribution in [-0.2, 0) is 0 Å². The number of aliphatic hydroxyl groups excluding tert-OH is 1. The maximum atomic E-state index is 12.4. The van der Waals surface area contributed by atoms with E-state index in [9.17, 15) is 13.2 Å². The number of aliphatic hydroxyl groups is 1. The van der Waals surface area contributed by atoms with Crippen molar-refractivity contribution in [1.82, 2.24) is 0 Å². The summed E-state index contributed by atoms with van der Waals surface area (Å²) in [5, 5.41) is 8.82. The van der Waals surface area contributed by atoms with Crippen molar-refractivity contribution in [2.75, 3.05) is 6.61 Å². The summed E-state index contributed by atoms with van der Waals surface area (Å²) in [6, 6.07) is 0. The zero-order chi connectivity index (χ0) is 9.85. The lowest BCUT2D eigenvalue weighted by Crippen LogP contribution is -2.35. The van der Waals surface area contributed by atoms with Crippen LogP contribution in [0.4, 0.5) is 13.2 Å². The number of hydrogen-bond acceptors (Lipinski definition) is 2. The molecule has 2 aliphatic carbocycles. The lowest BCUT2D eigenvalue weighted by molar-refractivity contribution is -0.156. The van der Waals surface area contributed by atoms with Gasteiger partial charge in [-0.2, -0.15) is 13.2 Å². The molecule has 2 saturated carbocycles. The molecule has 2 rings (SSSR count). The minimum absolute atomic E-state index is 0.101. The van der Waals surface area contributed by atoms with Gasteiger partial charge in [0.15, 0.2) is 0 Å². The Kier molecular flexibility index (Phi) is 1.70. The van der Waals surface area contributed by atoms with Crippen molar-refractivity contribution in [3.8, 4) is 0 Å². The largest absolute Gasteiger partial charge is 0.394 e. The smallest absolute Gasteiger partial charge is 0.394 e. The molecule has 5 heteroatoms. The number of nitrogens with two attached hydrogens (primary N) is 1. The lowest BCUT2D eigenvalue weighted by atomic mass is 10.2. The molecule has 13 heavy (non-hydrogen) atoms. The third kappa shape index (κ3) is 1.25. The van der Waals surface area contributed by atoms with Gasteiger partial charge < -0.3 is 10.8 Å². The summed E-state index contributed by atoms with van der Waals surface area (Å²) < 4.78 is 37.1. The Labute approximate surface area is 73.9 Å². The Bertz CT molecular complexity index is 226. The van der Waals surface area contributed by atoms with E-state index in [1.165, 1.54) is 0 Å². The van der Waals surface area contributed by atoms with Gasteiger partial charge in [0.2, 0.25) is 0 Å². The van der Waals surface area contributed by atoms with E-state index in [1.54, 1.807) is 0 Å². The molecule has 2 fully saturated rings. The molecule has 3 N–H and O–H groups in total. The summed E-state index contributed by atoms with van der Waals surface area (Å²) in [5.41, 5.74) is 4.12. The van der Waals surface area contributed by atoms with E-state index in [1.807, 2.05) is 0 Å². The predicted molar refractivity (Wildman–Crippen MR) is 39.8 cm³/mol. The Morgan fingerprint density at radius 3 is 2.15 bits per heavy atom. The van der Waals surface area contributed by atoms with Crippen molar-refractivity contribution in [2.45, 2.75) is 24.6 Å². The minimum atomic E-state index is -4.25. The molecule has 0 bridgehead atoms. The van der Waals surface area contributed by atoms with Crippen LogP contribution in [0.3, 0.4) is 0 Å². The molecule has 0 amide bonds. The van der Waals surface area contributed by atoms with E-state index < -0.39 is 30.2 Å². The average Bonchev–Trinajstić information content (AvgIpc) is 2.78. The molecule has 2 nitrogen and oxygen atoms in total. The standard InChI is InChI=1S/C8H12F3NO/c9-8(10,11)6-5(4-1-2-4)7(6,12)3-13/h4-6,13H,1-3,12H2/t5-,6-,7-/m1/s1. The van der Waals surface area contributed by atoms with Gasteiger partial charge in [-0.05, 0) is 24.7 Å². The number of rotatable bonds is 2. The van der Waals surface area contributed by atoms with Crippen molar-refractivity contribution >= 4 is 0 Å². The third-order valence-electron chi connectivity index (χ3n) is 3.21. The second-order valence-electron chi connectivity index (χ2n) is 4.15. The Hall–Kier alpha value is -0.290. The fraction of sp³-hybridized carbons (Fsp3) is 1.00. The molecular weight excluding hydrogens is 183 g/mol. The highest BCUT2D eigenvalue weighted by molar-refractivity contribution is 5.22. The first kappa shape index (κ1) is 9.27. The van der Waals surface area contributed by atoms with Gasteiger partial charge >= 0.3 is 6.18 Å². The molecule has 2 aliphatic rings. The number of alkyl halides is 3. The molecule has 0 unspecified atom stereocenters. The van der Waals surface area contributed by atoms with Crippen LogP contribution in [0.2, 0.25) is 0 Å². The predicted octanol–water partition coefficient (Wildman–Crippen LogP) is 0.895. The van der Waals surface area contributed by atoms with E-state index in [4.69, 9.17) is 10.8 Å². The maximum Gasteiger partial charge on any atom is 0.394 e. The summed E-state index contributed by atoms with van der Waals surface area (Å²) in [6.45, 7) is -0.557. The molecular formula is C8H12F3NO. The van der Waals surface area contributed by atoms with Gasteiger partial charge in [0, 0.05) is 0 Å². The molecule has 0 spiro atoms. The van der Waals surface area contributed by atoms with Crippen LogP contribution in [0.15, 0.2) is 0 Å². The van der Waals surface area contributed by atoms with Crippen LogP contribution in [0.5, 0.6) is 0 Å². The molecule has 0 aromatic rings. The zero-order valence-corrected chi connectivity index (χ0v) is 7.01. The first-order valence-corrected chi connectivity index (χ1v) is 4.37. The van der Waals surface area contributed by atoms with Gasteiger partial charge in [-0.15, -0.1) is 0 Å². The fourth-order valence-electron chi connectivity index (χ4n) is 2.37. The molecule has 76 valence electrons. The highest BCUT2D eigenvalue weighted by Gasteiger charge is 2.75. The average molecular weight is 195 g/mol. The van der Waals surface area contributed by atoms with Crippen molar-refractivity contribution in [1.29, 1.82) is 0 Å². The van der Waals surface area contributed by atoms with Crippen LogP contribution in [0.25, 0.3) is 0 Å². The van der Waals surface area contributed by atoms with E-state index in [-0.39, 0.29) is 5.92 Å². The quantitative estimate of drug-likeness (QED) is 0.687. The van der Waals surface area contributed by atoms with E-state index >= 15 is 0 Å². The van der Waals surface area contributed by atoms with Gasteiger partial charge in [0.1, 0.15) is 0 Å². The summed E-state index contributed by atoms with van der Waals surface area (Å²) in [4.78, 5) is 0. The van der Waals surface area contributed by atoms with Gasteiger partial charge in [-0.1, -0.05) is 0 Å². The topological polar surface area (TPSA) is 46.2 Å². The molecule has 3 atom stereocenters. The minimum Gasteiger partial charge on any atom is -0.394 e. The van der Waals surface area contributed by atoms with Crippen molar-refractivity contribution < 1.29 is 18.3 Å². The lowest BCUT2D eigenvalue weighted by Gasteiger charge is -2.09. The van der Waals surface area contributed by atoms with E-state index in [0.29, 0.717) is 0 Å². The van der Waals surface area contributed by atoms with Crippen LogP contribution in [-0.4, -0.2) is 23.4 Å². The third-order valence-corrected chi connectivity index (χ3v) is 3.21. The van der Waals surface area contributed by atoms with Crippen molar-refractivity contribution in [3.63, 3.8) is 0 Å². The first-order valence-electron chi connectivity index (χ1n) is 4.37. The second-order valence-corrected chi connectivity index (χ2v) is 4.15. The van der Waals surface area contributed by atoms with Gasteiger partial charge in [0.25, 0.3) is 0 Å². The molecule has 0 heterocycles. The normalized spacial score (nSPS) is 45.0. The second kappa shape index (κ2) is 2.39. The SMILES string of the molecule is N[C@]1(CO)[C@H](C2CC2)[C@H]1C(F)(F)F. The molecule has 0 aliphatic heterocycles. The van der Waals surface area contributed by atoms with Crippen LogP contribution in [0.1, 0.15) is 12.8 Å². The maximum absolute atomic E-state index is 12.4. The first-order chi connectivity index (χ1) is 5.91. The molecule has 0 aromatic heterocycles. The van der Waals surface area contributed by atoms with Crippen LogP contribution in [0, 0.1) is 17.8 Å². The Morgan fingerprint density at radius 1 is 1.38 bits per heavy atom. The van der Waals surface area contributed by atoms with Gasteiger partial charge in [0.05, 0.1) is 18.1 Å². The van der Waals surface area contributed by atoms with E-state index in [0.717, 1.165) is 12.8 Å². The highest BCUT2D eigenvalue weighted by atomic mass is 19.4. The number of halogens is 3. The Morgan fingerprint density at radius 2 is 1.92 bits per heavy atom. The molecule has 0 radical (unpaired) electrons. The summed E-state index contributed by atoms with van der Waals surface area (Å²) in [6.07, 6.45) is -2.59. The summed E-state index contributed by atoms with van der Waals surface area (Å²) >= 11 is 0. The fourth-order valence-corrected chi connectivity index (χ4v) is 2.37. The monoisotopic (exact) mass is 195 g/mol. The number of hydrogen-bond donors (Lipinski definition) is 2. The van der Waals surface area contributed by atoms with Crippen molar-refractivity contribution in [2.24, 2.45) is 23.5 Å². The summed E-state index contributed by atoms with van der Waals surface area (Å²) in [5.74, 6) is -1.90. The van der Waals surface area contributed by atoms with Crippen LogP contribution < -0.4 is 5.73 Å². The van der Waals surface area contributed by atoms with Crippen molar-refractivity contribution in [3.05, 3.63) is 0 Å². The molecule has 0 aromatic carbocycles. The van der Waals surface area contributed by atoms with Gasteiger partial charge in [-0.3, -0.25) is 0 Å². The highest BCUT2D eigenvalue weighted by Crippen LogP contribution is 2.65. The van der Waals surface area contributed by atoms with Gasteiger partial charge in [-0.25, -0.2) is 0 Å². The van der Waals surface area contributed by atoms with E-state index in [2.05, 4.69) is 0 Å².